The zero-order valence-corrected chi connectivity index (χ0v) is 10.9. The second kappa shape index (κ2) is 6.05. The molecular weight excluding hydrogens is 254 g/mol. The highest BCUT2D eigenvalue weighted by Gasteiger charge is 2.04. The molecule has 0 saturated carbocycles. The highest BCUT2D eigenvalue weighted by atomic mass is 35.5. The Labute approximate surface area is 110 Å². The molecule has 0 atom stereocenters. The van der Waals surface area contributed by atoms with Crippen LogP contribution in [0.5, 0.6) is 5.75 Å². The lowest BCUT2D eigenvalue weighted by Crippen LogP contribution is -2.16. The van der Waals surface area contributed by atoms with Crippen molar-refractivity contribution in [1.82, 2.24) is 5.32 Å². The maximum Gasteiger partial charge on any atom is 0.138 e. The predicted octanol–water partition coefficient (Wildman–Crippen LogP) is 3.44. The number of hydrogen-bond donors (Lipinski definition) is 2. The summed E-state index contributed by atoms with van der Waals surface area (Å²) in [6, 6.07) is 9.59. The second-order valence-corrected chi connectivity index (χ2v) is 5.19. The molecule has 0 amide bonds. The van der Waals surface area contributed by atoms with Gasteiger partial charge in [-0.2, -0.15) is 0 Å². The third-order valence-electron chi connectivity index (χ3n) is 2.51. The maximum atomic E-state index is 9.71. The summed E-state index contributed by atoms with van der Waals surface area (Å²) in [4.78, 5) is 1.37. The van der Waals surface area contributed by atoms with Crippen molar-refractivity contribution in [3.8, 4) is 5.75 Å². The Morgan fingerprint density at radius 2 is 2.12 bits per heavy atom. The first-order valence-electron chi connectivity index (χ1n) is 5.47. The molecule has 0 saturated heterocycles. The number of phenolic OH excluding ortho intramolecular Hbond substituents is 1. The summed E-state index contributed by atoms with van der Waals surface area (Å²) in [5, 5.41) is 15.5. The van der Waals surface area contributed by atoms with E-state index in [0.29, 0.717) is 11.6 Å². The molecule has 0 aliphatic heterocycles. The van der Waals surface area contributed by atoms with Gasteiger partial charge in [0.05, 0.1) is 5.02 Å². The van der Waals surface area contributed by atoms with Crippen molar-refractivity contribution in [2.75, 3.05) is 6.54 Å². The van der Waals surface area contributed by atoms with Gasteiger partial charge in [0, 0.05) is 23.5 Å². The topological polar surface area (TPSA) is 32.3 Å². The van der Waals surface area contributed by atoms with E-state index in [9.17, 15) is 5.11 Å². The lowest BCUT2D eigenvalue weighted by Gasteiger charge is -2.07. The molecule has 2 aromatic rings. The Morgan fingerprint density at radius 1 is 1.24 bits per heavy atom. The van der Waals surface area contributed by atoms with Crippen LogP contribution in [0.25, 0.3) is 0 Å². The summed E-state index contributed by atoms with van der Waals surface area (Å²) in [6.45, 7) is 1.53. The molecule has 0 fully saturated rings. The molecule has 1 aromatic heterocycles. The zero-order chi connectivity index (χ0) is 12.1. The van der Waals surface area contributed by atoms with E-state index in [2.05, 4.69) is 22.8 Å². The van der Waals surface area contributed by atoms with E-state index in [4.69, 9.17) is 11.6 Å². The van der Waals surface area contributed by atoms with Crippen LogP contribution in [0.1, 0.15) is 10.4 Å². The molecular formula is C13H14ClNOS. The molecule has 1 heterocycles. The van der Waals surface area contributed by atoms with Gasteiger partial charge in [0.15, 0.2) is 0 Å². The first kappa shape index (κ1) is 12.4. The van der Waals surface area contributed by atoms with Crippen molar-refractivity contribution >= 4 is 22.9 Å². The van der Waals surface area contributed by atoms with Gasteiger partial charge in [-0.3, -0.25) is 0 Å². The van der Waals surface area contributed by atoms with Crippen LogP contribution in [0.4, 0.5) is 0 Å². The molecule has 0 radical (unpaired) electrons. The Morgan fingerprint density at radius 3 is 2.88 bits per heavy atom. The standard InChI is InChI=1S/C13H14ClNOS/c14-12-5-1-3-10(13(12)16)9-15-7-6-11-4-2-8-17-11/h1-5,8,15-16H,6-7,9H2. The van der Waals surface area contributed by atoms with Crippen LogP contribution in [0.3, 0.4) is 0 Å². The number of nitrogens with one attached hydrogen (secondary N) is 1. The van der Waals surface area contributed by atoms with Crippen LogP contribution in [0.2, 0.25) is 5.02 Å². The number of thiophene rings is 1. The van der Waals surface area contributed by atoms with Crippen molar-refractivity contribution in [1.29, 1.82) is 0 Å². The van der Waals surface area contributed by atoms with Crippen LogP contribution < -0.4 is 5.32 Å². The lowest BCUT2D eigenvalue weighted by atomic mass is 10.2. The third kappa shape index (κ3) is 3.46. The van der Waals surface area contributed by atoms with Crippen LogP contribution >= 0.6 is 22.9 Å². The predicted molar refractivity (Wildman–Crippen MR) is 72.8 cm³/mol. The quantitative estimate of drug-likeness (QED) is 0.814. The van der Waals surface area contributed by atoms with Crippen molar-refractivity contribution < 1.29 is 5.11 Å². The first-order chi connectivity index (χ1) is 8.27. The van der Waals surface area contributed by atoms with Crippen molar-refractivity contribution in [2.24, 2.45) is 0 Å². The third-order valence-corrected chi connectivity index (χ3v) is 3.76. The fourth-order valence-corrected chi connectivity index (χ4v) is 2.50. The van der Waals surface area contributed by atoms with Gasteiger partial charge in [0.1, 0.15) is 5.75 Å². The van der Waals surface area contributed by atoms with Gasteiger partial charge in [-0.05, 0) is 23.9 Å². The van der Waals surface area contributed by atoms with Crippen molar-refractivity contribution in [2.45, 2.75) is 13.0 Å². The van der Waals surface area contributed by atoms with Crippen LogP contribution in [-0.2, 0) is 13.0 Å². The Kier molecular flexibility index (Phi) is 4.42. The Balaban J connectivity index is 1.80. The SMILES string of the molecule is Oc1c(Cl)cccc1CNCCc1cccs1. The summed E-state index contributed by atoms with van der Waals surface area (Å²) in [6.07, 6.45) is 1.01. The van der Waals surface area contributed by atoms with Gasteiger partial charge in [-0.1, -0.05) is 29.8 Å². The average molecular weight is 268 g/mol. The summed E-state index contributed by atoms with van der Waals surface area (Å²) >= 11 is 7.60. The molecule has 2 N–H and O–H groups in total. The normalized spacial score (nSPS) is 10.6. The minimum Gasteiger partial charge on any atom is -0.506 e. The molecule has 0 unspecified atom stereocenters. The van der Waals surface area contributed by atoms with Crippen molar-refractivity contribution in [3.63, 3.8) is 0 Å². The van der Waals surface area contributed by atoms with E-state index in [1.165, 1.54) is 4.88 Å². The fraction of sp³-hybridized carbons (Fsp3) is 0.231. The largest absolute Gasteiger partial charge is 0.506 e. The summed E-state index contributed by atoms with van der Waals surface area (Å²) in [5.74, 6) is 0.179. The molecule has 0 spiro atoms. The van der Waals surface area contributed by atoms with Gasteiger partial charge in [-0.15, -0.1) is 11.3 Å². The maximum absolute atomic E-state index is 9.71. The fourth-order valence-electron chi connectivity index (χ4n) is 1.59. The Hall–Kier alpha value is -1.03. The minimum atomic E-state index is 0.179. The average Bonchev–Trinajstić information content (AvgIpc) is 2.83. The summed E-state index contributed by atoms with van der Waals surface area (Å²) in [7, 11) is 0. The molecule has 1 aromatic carbocycles. The number of halogens is 1. The summed E-state index contributed by atoms with van der Waals surface area (Å²) in [5.41, 5.74) is 0.837. The zero-order valence-electron chi connectivity index (χ0n) is 9.32. The molecule has 4 heteroatoms. The van der Waals surface area contributed by atoms with E-state index in [-0.39, 0.29) is 5.75 Å². The molecule has 0 aliphatic rings. The van der Waals surface area contributed by atoms with E-state index in [1.54, 1.807) is 17.4 Å². The molecule has 2 nitrogen and oxygen atoms in total. The van der Waals surface area contributed by atoms with E-state index >= 15 is 0 Å². The number of para-hydroxylation sites is 1. The second-order valence-electron chi connectivity index (χ2n) is 3.75. The highest BCUT2D eigenvalue weighted by Crippen LogP contribution is 2.26. The lowest BCUT2D eigenvalue weighted by molar-refractivity contribution is 0.465. The van der Waals surface area contributed by atoms with Gasteiger partial charge >= 0.3 is 0 Å². The van der Waals surface area contributed by atoms with Crippen molar-refractivity contribution in [3.05, 3.63) is 51.2 Å². The molecule has 0 aliphatic carbocycles. The summed E-state index contributed by atoms with van der Waals surface area (Å²) < 4.78 is 0. The molecule has 17 heavy (non-hydrogen) atoms. The monoisotopic (exact) mass is 267 g/mol. The van der Waals surface area contributed by atoms with Crippen LogP contribution in [0.15, 0.2) is 35.7 Å². The molecule has 0 bridgehead atoms. The molecule has 90 valence electrons. The molecule has 2 rings (SSSR count). The van der Waals surface area contributed by atoms with Gasteiger partial charge in [0.25, 0.3) is 0 Å². The van der Waals surface area contributed by atoms with Gasteiger partial charge < -0.3 is 10.4 Å². The number of benzene rings is 1. The number of aromatic hydroxyl groups is 1. The van der Waals surface area contributed by atoms with Gasteiger partial charge in [0.2, 0.25) is 0 Å². The smallest absolute Gasteiger partial charge is 0.138 e. The number of hydrogen-bond acceptors (Lipinski definition) is 3. The van der Waals surface area contributed by atoms with E-state index in [1.807, 2.05) is 12.1 Å². The van der Waals surface area contributed by atoms with Crippen LogP contribution in [-0.4, -0.2) is 11.7 Å². The Bertz CT molecular complexity index is 470. The number of rotatable bonds is 5. The van der Waals surface area contributed by atoms with Crippen LogP contribution in [0, 0.1) is 0 Å². The van der Waals surface area contributed by atoms with E-state index < -0.39 is 0 Å². The first-order valence-corrected chi connectivity index (χ1v) is 6.72. The minimum absolute atomic E-state index is 0.179. The number of phenols is 1. The highest BCUT2D eigenvalue weighted by molar-refractivity contribution is 7.09. The van der Waals surface area contributed by atoms with Gasteiger partial charge in [-0.25, -0.2) is 0 Å². The van der Waals surface area contributed by atoms with E-state index in [0.717, 1.165) is 18.5 Å².